The van der Waals surface area contributed by atoms with Crippen molar-refractivity contribution in [3.8, 4) is 0 Å². The summed E-state index contributed by atoms with van der Waals surface area (Å²) in [6, 6.07) is 22.9. The van der Waals surface area contributed by atoms with Crippen molar-refractivity contribution in [2.24, 2.45) is 0 Å². The Morgan fingerprint density at radius 3 is 2.20 bits per heavy atom. The zero-order valence-corrected chi connectivity index (χ0v) is 19.7. The van der Waals surface area contributed by atoms with Crippen molar-refractivity contribution in [2.45, 2.75) is 38.0 Å². The fraction of sp³-hybridized carbons (Fsp3) is 0.250. The first kappa shape index (κ1) is 24.4. The van der Waals surface area contributed by atoms with Gasteiger partial charge in [0.15, 0.2) is 0 Å². The second-order valence-electron chi connectivity index (χ2n) is 9.44. The standard InChI is InChI=1S/C28H29FN2O4/c1-27(2,18-35-17-20-11-7-4-8-12-20)25-14-21-13-23(30)22(29)15-24(21)31(25)28(34,26(32)33)16-19-9-5-3-6-10-19/h3-15,34H,16-18,30H2,1-2H3,(H,32,33)/t28-/m1/s1. The number of fused-ring (bicyclic) bond motifs is 1. The molecule has 4 aromatic rings. The Hall–Kier alpha value is -3.68. The fourth-order valence-electron chi connectivity index (χ4n) is 4.35. The first-order valence-corrected chi connectivity index (χ1v) is 11.3. The van der Waals surface area contributed by atoms with Crippen LogP contribution in [0, 0.1) is 5.82 Å². The van der Waals surface area contributed by atoms with E-state index in [0.29, 0.717) is 23.3 Å². The Balaban J connectivity index is 1.81. The number of carboxylic acids is 1. The van der Waals surface area contributed by atoms with Gasteiger partial charge in [-0.25, -0.2) is 9.18 Å². The second-order valence-corrected chi connectivity index (χ2v) is 9.44. The molecule has 1 heterocycles. The maximum atomic E-state index is 14.5. The van der Waals surface area contributed by atoms with Gasteiger partial charge in [0.1, 0.15) is 5.82 Å². The summed E-state index contributed by atoms with van der Waals surface area (Å²) in [5.74, 6) is -2.13. The summed E-state index contributed by atoms with van der Waals surface area (Å²) in [6.45, 7) is 4.40. The van der Waals surface area contributed by atoms with E-state index in [9.17, 15) is 19.4 Å². The number of aliphatic hydroxyl groups is 1. The molecule has 0 radical (unpaired) electrons. The van der Waals surface area contributed by atoms with Crippen molar-refractivity contribution in [2.75, 3.05) is 12.3 Å². The SMILES string of the molecule is CC(C)(COCc1ccccc1)c1cc2cc(N)c(F)cc2n1[C@@](O)(Cc1ccccc1)C(=O)O. The molecule has 0 aliphatic heterocycles. The number of carboxylic acid groups (broad SMARTS) is 1. The summed E-state index contributed by atoms with van der Waals surface area (Å²) >= 11 is 0. The average Bonchev–Trinajstić information content (AvgIpc) is 3.20. The topological polar surface area (TPSA) is 97.7 Å². The number of aromatic nitrogens is 1. The Labute approximate surface area is 203 Å². The summed E-state index contributed by atoms with van der Waals surface area (Å²) in [5, 5.41) is 22.5. The highest BCUT2D eigenvalue weighted by Crippen LogP contribution is 2.37. The number of nitrogens with two attached hydrogens (primary N) is 1. The third-order valence-electron chi connectivity index (χ3n) is 6.19. The van der Waals surface area contributed by atoms with Gasteiger partial charge >= 0.3 is 5.97 Å². The number of carbonyl (C=O) groups is 1. The van der Waals surface area contributed by atoms with E-state index < -0.39 is 22.9 Å². The van der Waals surface area contributed by atoms with E-state index in [4.69, 9.17) is 10.5 Å². The number of rotatable bonds is 9. The van der Waals surface area contributed by atoms with Crippen molar-refractivity contribution in [3.05, 3.63) is 102 Å². The van der Waals surface area contributed by atoms with E-state index in [0.717, 1.165) is 5.56 Å². The predicted molar refractivity (Wildman–Crippen MR) is 133 cm³/mol. The number of hydrogen-bond acceptors (Lipinski definition) is 4. The first-order chi connectivity index (χ1) is 16.6. The van der Waals surface area contributed by atoms with E-state index in [1.807, 2.05) is 50.2 Å². The van der Waals surface area contributed by atoms with Crippen LogP contribution in [0.2, 0.25) is 0 Å². The molecule has 6 nitrogen and oxygen atoms in total. The van der Waals surface area contributed by atoms with Crippen molar-refractivity contribution >= 4 is 22.6 Å². The monoisotopic (exact) mass is 476 g/mol. The van der Waals surface area contributed by atoms with Gasteiger partial charge in [0, 0.05) is 29.0 Å². The van der Waals surface area contributed by atoms with Gasteiger partial charge in [0.25, 0.3) is 0 Å². The van der Waals surface area contributed by atoms with Crippen LogP contribution in [0.15, 0.2) is 78.9 Å². The van der Waals surface area contributed by atoms with E-state index in [2.05, 4.69) is 0 Å². The van der Waals surface area contributed by atoms with Crippen molar-refractivity contribution in [1.82, 2.24) is 4.57 Å². The zero-order chi connectivity index (χ0) is 25.2. The van der Waals surface area contributed by atoms with Crippen LogP contribution in [-0.4, -0.2) is 27.4 Å². The smallest absolute Gasteiger partial charge is 0.358 e. The van der Waals surface area contributed by atoms with Gasteiger partial charge in [-0.2, -0.15) is 0 Å². The molecule has 1 atom stereocenters. The Morgan fingerprint density at radius 2 is 1.60 bits per heavy atom. The molecular formula is C28H29FN2O4. The number of ether oxygens (including phenoxy) is 1. The number of benzene rings is 3. The highest BCUT2D eigenvalue weighted by atomic mass is 19.1. The molecule has 0 unspecified atom stereocenters. The van der Waals surface area contributed by atoms with Gasteiger partial charge in [-0.1, -0.05) is 74.5 Å². The molecule has 0 fully saturated rings. The van der Waals surface area contributed by atoms with Gasteiger partial charge in [-0.15, -0.1) is 0 Å². The van der Waals surface area contributed by atoms with Crippen LogP contribution < -0.4 is 5.73 Å². The summed E-state index contributed by atoms with van der Waals surface area (Å²) in [5.41, 5.74) is 5.00. The molecule has 0 amide bonds. The van der Waals surface area contributed by atoms with Crippen LogP contribution >= 0.6 is 0 Å². The van der Waals surface area contributed by atoms with Crippen molar-refractivity contribution < 1.29 is 24.1 Å². The molecule has 0 aliphatic carbocycles. The summed E-state index contributed by atoms with van der Waals surface area (Å²) in [6.07, 6.45) is -0.215. The van der Waals surface area contributed by atoms with Crippen molar-refractivity contribution in [3.63, 3.8) is 0 Å². The number of nitrogen functional groups attached to an aromatic ring is 1. The Bertz CT molecular complexity index is 1340. The largest absolute Gasteiger partial charge is 0.478 e. The molecule has 0 spiro atoms. The second kappa shape index (κ2) is 9.52. The number of nitrogens with zero attached hydrogens (tertiary/aromatic N) is 1. The molecule has 35 heavy (non-hydrogen) atoms. The molecule has 0 saturated heterocycles. The maximum absolute atomic E-state index is 14.5. The van der Waals surface area contributed by atoms with Crippen LogP contribution in [0.3, 0.4) is 0 Å². The van der Waals surface area contributed by atoms with Gasteiger partial charge in [0.05, 0.1) is 24.4 Å². The lowest BCUT2D eigenvalue weighted by Crippen LogP contribution is -2.46. The van der Waals surface area contributed by atoms with Gasteiger partial charge in [-0.3, -0.25) is 0 Å². The molecule has 7 heteroatoms. The molecule has 1 aromatic heterocycles. The van der Waals surface area contributed by atoms with Crippen LogP contribution in [0.1, 0.15) is 30.7 Å². The summed E-state index contributed by atoms with van der Waals surface area (Å²) < 4.78 is 21.8. The minimum absolute atomic E-state index is 0.0544. The van der Waals surface area contributed by atoms with E-state index >= 15 is 0 Å². The third-order valence-corrected chi connectivity index (χ3v) is 6.19. The van der Waals surface area contributed by atoms with Gasteiger partial charge in [0.2, 0.25) is 5.72 Å². The van der Waals surface area contributed by atoms with Crippen LogP contribution in [-0.2, 0) is 33.7 Å². The normalized spacial score (nSPS) is 13.6. The summed E-state index contributed by atoms with van der Waals surface area (Å²) in [7, 11) is 0. The van der Waals surface area contributed by atoms with Gasteiger partial charge < -0.3 is 25.3 Å². The number of aliphatic carboxylic acids is 1. The van der Waals surface area contributed by atoms with Crippen molar-refractivity contribution in [1.29, 1.82) is 0 Å². The first-order valence-electron chi connectivity index (χ1n) is 11.3. The highest BCUT2D eigenvalue weighted by Gasteiger charge is 2.43. The molecule has 3 aromatic carbocycles. The maximum Gasteiger partial charge on any atom is 0.358 e. The molecule has 4 N–H and O–H groups in total. The Kier molecular flexibility index (Phi) is 6.65. The predicted octanol–water partition coefficient (Wildman–Crippen LogP) is 4.83. The number of hydrogen-bond donors (Lipinski definition) is 3. The van der Waals surface area contributed by atoms with E-state index in [1.165, 1.54) is 16.7 Å². The molecular weight excluding hydrogens is 447 g/mol. The lowest BCUT2D eigenvalue weighted by molar-refractivity contribution is -0.170. The average molecular weight is 477 g/mol. The lowest BCUT2D eigenvalue weighted by Gasteiger charge is -2.34. The van der Waals surface area contributed by atoms with Crippen LogP contribution in [0.25, 0.3) is 10.9 Å². The molecule has 0 bridgehead atoms. The van der Waals surface area contributed by atoms with Crippen LogP contribution in [0.4, 0.5) is 10.1 Å². The van der Waals surface area contributed by atoms with E-state index in [1.54, 1.807) is 30.3 Å². The lowest BCUT2D eigenvalue weighted by atomic mass is 9.89. The quantitative estimate of drug-likeness (QED) is 0.301. The third kappa shape index (κ3) is 4.92. The fourth-order valence-corrected chi connectivity index (χ4v) is 4.35. The minimum atomic E-state index is -2.38. The molecule has 0 saturated carbocycles. The number of halogens is 1. The molecule has 4 rings (SSSR count). The summed E-state index contributed by atoms with van der Waals surface area (Å²) in [4.78, 5) is 12.6. The number of anilines is 1. The molecule has 182 valence electrons. The minimum Gasteiger partial charge on any atom is -0.478 e. The van der Waals surface area contributed by atoms with Crippen LogP contribution in [0.5, 0.6) is 0 Å². The highest BCUT2D eigenvalue weighted by molar-refractivity contribution is 5.88. The van der Waals surface area contributed by atoms with E-state index in [-0.39, 0.29) is 24.2 Å². The zero-order valence-electron chi connectivity index (χ0n) is 19.7. The molecule has 0 aliphatic rings. The van der Waals surface area contributed by atoms with Gasteiger partial charge in [-0.05, 0) is 23.3 Å². The Morgan fingerprint density at radius 1 is 1.00 bits per heavy atom.